The lowest BCUT2D eigenvalue weighted by molar-refractivity contribution is 0.338. The molecule has 0 radical (unpaired) electrons. The second kappa shape index (κ2) is 1.60. The summed E-state index contributed by atoms with van der Waals surface area (Å²) >= 11 is 0. The molecule has 2 rings (SSSR count). The van der Waals surface area contributed by atoms with Crippen LogP contribution >= 0.6 is 0 Å². The molecule has 1 heterocycles. The monoisotopic (exact) mass is 124 g/mol. The van der Waals surface area contributed by atoms with E-state index >= 15 is 0 Å². The minimum Gasteiger partial charge on any atom is -0.365 e. The van der Waals surface area contributed by atoms with E-state index in [0.29, 0.717) is 12.2 Å². The summed E-state index contributed by atoms with van der Waals surface area (Å²) in [4.78, 5) is 0. The maximum atomic E-state index is 5.38. The Hall–Kier alpha value is -0.300. The molecule has 0 saturated carbocycles. The Balaban J connectivity index is 2.16. The van der Waals surface area contributed by atoms with E-state index < -0.39 is 0 Å². The highest BCUT2D eigenvalue weighted by Gasteiger charge is 2.43. The molecule has 0 aromatic carbocycles. The summed E-state index contributed by atoms with van der Waals surface area (Å²) in [6.45, 7) is 4.45. The standard InChI is InChI=1S/C8H12O/c1-5-3-6(2)8-7(4-5)9-8/h4,6-8H,3H2,1-2H3. The molecule has 0 aromatic heterocycles. The fraction of sp³-hybridized carbons (Fsp3) is 0.750. The van der Waals surface area contributed by atoms with Gasteiger partial charge in [-0.1, -0.05) is 18.6 Å². The molecule has 1 nitrogen and oxygen atoms in total. The van der Waals surface area contributed by atoms with E-state index in [1.807, 2.05) is 0 Å². The fourth-order valence-corrected chi connectivity index (χ4v) is 1.70. The van der Waals surface area contributed by atoms with Crippen LogP contribution in [0.15, 0.2) is 11.6 Å². The van der Waals surface area contributed by atoms with Crippen molar-refractivity contribution in [3.63, 3.8) is 0 Å². The third-order valence-corrected chi connectivity index (χ3v) is 2.22. The predicted octanol–water partition coefficient (Wildman–Crippen LogP) is 1.74. The van der Waals surface area contributed by atoms with Crippen LogP contribution in [0, 0.1) is 5.92 Å². The maximum absolute atomic E-state index is 5.38. The molecule has 1 heteroatoms. The molecular weight excluding hydrogens is 112 g/mol. The zero-order valence-electron chi connectivity index (χ0n) is 5.92. The fourth-order valence-electron chi connectivity index (χ4n) is 1.70. The minimum atomic E-state index is 0.494. The van der Waals surface area contributed by atoms with Crippen LogP contribution in [0.1, 0.15) is 20.3 Å². The summed E-state index contributed by atoms with van der Waals surface area (Å²) in [5.41, 5.74) is 1.50. The molecule has 0 bridgehead atoms. The topological polar surface area (TPSA) is 12.5 Å². The summed E-state index contributed by atoms with van der Waals surface area (Å²) in [5.74, 6) is 0.764. The smallest absolute Gasteiger partial charge is 0.103 e. The Morgan fingerprint density at radius 2 is 2.44 bits per heavy atom. The average Bonchev–Trinajstić information content (AvgIpc) is 2.43. The van der Waals surface area contributed by atoms with E-state index in [1.165, 1.54) is 12.0 Å². The molecule has 0 amide bonds. The molecule has 1 fully saturated rings. The van der Waals surface area contributed by atoms with E-state index in [4.69, 9.17) is 4.74 Å². The van der Waals surface area contributed by atoms with Crippen LogP contribution in [-0.4, -0.2) is 12.2 Å². The number of hydrogen-bond acceptors (Lipinski definition) is 1. The summed E-state index contributed by atoms with van der Waals surface area (Å²) in [5, 5.41) is 0. The third-order valence-electron chi connectivity index (χ3n) is 2.22. The van der Waals surface area contributed by atoms with Crippen molar-refractivity contribution >= 4 is 0 Å². The molecule has 50 valence electrons. The van der Waals surface area contributed by atoms with Crippen molar-refractivity contribution in [3.8, 4) is 0 Å². The largest absolute Gasteiger partial charge is 0.365 e. The molecular formula is C8H12O. The highest BCUT2D eigenvalue weighted by Crippen LogP contribution is 2.38. The molecule has 3 atom stereocenters. The second-order valence-corrected chi connectivity index (χ2v) is 3.26. The van der Waals surface area contributed by atoms with Gasteiger partial charge in [-0.15, -0.1) is 0 Å². The Bertz CT molecular complexity index is 160. The minimum absolute atomic E-state index is 0.494. The van der Waals surface area contributed by atoms with Gasteiger partial charge in [-0.2, -0.15) is 0 Å². The first-order chi connectivity index (χ1) is 4.27. The summed E-state index contributed by atoms with van der Waals surface area (Å²) in [6.07, 6.45) is 4.56. The number of allylic oxidation sites excluding steroid dienone is 1. The predicted molar refractivity (Wildman–Crippen MR) is 36.2 cm³/mol. The quantitative estimate of drug-likeness (QED) is 0.354. The van der Waals surface area contributed by atoms with Crippen molar-refractivity contribution in [2.24, 2.45) is 5.92 Å². The van der Waals surface area contributed by atoms with Gasteiger partial charge >= 0.3 is 0 Å². The van der Waals surface area contributed by atoms with Gasteiger partial charge in [0.25, 0.3) is 0 Å². The highest BCUT2D eigenvalue weighted by molar-refractivity contribution is 5.17. The second-order valence-electron chi connectivity index (χ2n) is 3.26. The zero-order valence-corrected chi connectivity index (χ0v) is 5.92. The molecule has 0 aromatic rings. The molecule has 0 N–H and O–H groups in total. The number of hydrogen-bond donors (Lipinski definition) is 0. The molecule has 3 unspecified atom stereocenters. The van der Waals surface area contributed by atoms with E-state index in [0.717, 1.165) is 5.92 Å². The van der Waals surface area contributed by atoms with Gasteiger partial charge in [0, 0.05) is 0 Å². The van der Waals surface area contributed by atoms with Crippen LogP contribution < -0.4 is 0 Å². The highest BCUT2D eigenvalue weighted by atomic mass is 16.6. The van der Waals surface area contributed by atoms with Crippen LogP contribution in [-0.2, 0) is 4.74 Å². The average molecular weight is 124 g/mol. The van der Waals surface area contributed by atoms with Crippen molar-refractivity contribution in [1.29, 1.82) is 0 Å². The lowest BCUT2D eigenvalue weighted by Gasteiger charge is -2.11. The van der Waals surface area contributed by atoms with Gasteiger partial charge in [-0.3, -0.25) is 0 Å². The SMILES string of the molecule is CC1=CC2OC2C(C)C1. The Kier molecular flexibility index (Phi) is 0.974. The Labute approximate surface area is 55.7 Å². The van der Waals surface area contributed by atoms with Crippen molar-refractivity contribution < 1.29 is 4.74 Å². The summed E-state index contributed by atoms with van der Waals surface area (Å²) in [6, 6.07) is 0. The van der Waals surface area contributed by atoms with Gasteiger partial charge in [0.2, 0.25) is 0 Å². The molecule has 1 saturated heterocycles. The lowest BCUT2D eigenvalue weighted by Crippen LogP contribution is -2.10. The molecule has 0 spiro atoms. The van der Waals surface area contributed by atoms with Gasteiger partial charge in [0.1, 0.15) is 6.10 Å². The number of epoxide rings is 1. The van der Waals surface area contributed by atoms with Crippen LogP contribution in [0.4, 0.5) is 0 Å². The number of fused-ring (bicyclic) bond motifs is 1. The number of ether oxygens (including phenoxy) is 1. The first-order valence-corrected chi connectivity index (χ1v) is 3.60. The van der Waals surface area contributed by atoms with Crippen LogP contribution in [0.25, 0.3) is 0 Å². The maximum Gasteiger partial charge on any atom is 0.103 e. The number of rotatable bonds is 0. The van der Waals surface area contributed by atoms with Gasteiger partial charge in [-0.05, 0) is 19.3 Å². The summed E-state index contributed by atoms with van der Waals surface area (Å²) in [7, 11) is 0. The van der Waals surface area contributed by atoms with Crippen LogP contribution in [0.3, 0.4) is 0 Å². The normalized spacial score (nSPS) is 47.8. The van der Waals surface area contributed by atoms with Gasteiger partial charge in [0.05, 0.1) is 6.10 Å². The van der Waals surface area contributed by atoms with E-state index in [2.05, 4.69) is 19.9 Å². The molecule has 1 aliphatic carbocycles. The molecule has 2 aliphatic rings. The van der Waals surface area contributed by atoms with Crippen molar-refractivity contribution in [2.75, 3.05) is 0 Å². The molecule has 1 aliphatic heterocycles. The first-order valence-electron chi connectivity index (χ1n) is 3.60. The van der Waals surface area contributed by atoms with E-state index in [9.17, 15) is 0 Å². The zero-order chi connectivity index (χ0) is 6.43. The molecule has 9 heavy (non-hydrogen) atoms. The Morgan fingerprint density at radius 3 is 3.11 bits per heavy atom. The lowest BCUT2D eigenvalue weighted by atomic mass is 9.91. The van der Waals surface area contributed by atoms with E-state index in [1.54, 1.807) is 0 Å². The van der Waals surface area contributed by atoms with Gasteiger partial charge in [-0.25, -0.2) is 0 Å². The van der Waals surface area contributed by atoms with Crippen molar-refractivity contribution in [2.45, 2.75) is 32.5 Å². The van der Waals surface area contributed by atoms with Gasteiger partial charge in [0.15, 0.2) is 0 Å². The Morgan fingerprint density at radius 1 is 1.67 bits per heavy atom. The van der Waals surface area contributed by atoms with Crippen molar-refractivity contribution in [1.82, 2.24) is 0 Å². The van der Waals surface area contributed by atoms with Crippen LogP contribution in [0.5, 0.6) is 0 Å². The van der Waals surface area contributed by atoms with Gasteiger partial charge < -0.3 is 4.74 Å². The van der Waals surface area contributed by atoms with Crippen molar-refractivity contribution in [3.05, 3.63) is 11.6 Å². The third kappa shape index (κ3) is 0.799. The summed E-state index contributed by atoms with van der Waals surface area (Å²) < 4.78 is 5.38. The first kappa shape index (κ1) is 5.48. The van der Waals surface area contributed by atoms with Crippen LogP contribution in [0.2, 0.25) is 0 Å². The van der Waals surface area contributed by atoms with E-state index in [-0.39, 0.29) is 0 Å².